The fourth-order valence-electron chi connectivity index (χ4n) is 2.61. The molecule has 6 heteroatoms. The lowest BCUT2D eigenvalue weighted by atomic mass is 10.2. The summed E-state index contributed by atoms with van der Waals surface area (Å²) in [5.41, 5.74) is 2.83. The van der Waals surface area contributed by atoms with Crippen LogP contribution in [0.3, 0.4) is 0 Å². The van der Waals surface area contributed by atoms with Gasteiger partial charge in [0.25, 0.3) is 5.91 Å². The summed E-state index contributed by atoms with van der Waals surface area (Å²) < 4.78 is 1.89. The van der Waals surface area contributed by atoms with Crippen LogP contribution in [0.15, 0.2) is 66.1 Å². The molecular formula is C19H20N4OS. The van der Waals surface area contributed by atoms with Crippen LogP contribution in [0.4, 0.5) is 0 Å². The summed E-state index contributed by atoms with van der Waals surface area (Å²) in [6, 6.07) is 13.8. The minimum atomic E-state index is -0.0340. The number of pyridine rings is 1. The highest BCUT2D eigenvalue weighted by Crippen LogP contribution is 2.19. The fraction of sp³-hybridized carbons (Fsp3) is 0.211. The van der Waals surface area contributed by atoms with Gasteiger partial charge in [0.2, 0.25) is 0 Å². The number of carbonyl (C=O) groups is 1. The van der Waals surface area contributed by atoms with Crippen molar-refractivity contribution in [3.05, 3.63) is 77.7 Å². The van der Waals surface area contributed by atoms with E-state index in [0.717, 1.165) is 17.1 Å². The summed E-state index contributed by atoms with van der Waals surface area (Å²) in [6.07, 6.45) is 7.42. The minimum absolute atomic E-state index is 0.0340. The van der Waals surface area contributed by atoms with Crippen LogP contribution in [0.2, 0.25) is 0 Å². The molecule has 0 aliphatic rings. The normalized spacial score (nSPS) is 10.6. The summed E-state index contributed by atoms with van der Waals surface area (Å²) in [7, 11) is 1.80. The van der Waals surface area contributed by atoms with E-state index in [4.69, 9.17) is 0 Å². The van der Waals surface area contributed by atoms with Crippen LogP contribution in [0.5, 0.6) is 0 Å². The number of amides is 1. The molecule has 3 rings (SSSR count). The Labute approximate surface area is 151 Å². The van der Waals surface area contributed by atoms with Crippen LogP contribution < -0.4 is 0 Å². The van der Waals surface area contributed by atoms with Crippen LogP contribution in [0, 0.1) is 0 Å². The molecule has 0 atom stereocenters. The minimum Gasteiger partial charge on any atom is -0.337 e. The average molecular weight is 352 g/mol. The molecule has 0 radical (unpaired) electrons. The van der Waals surface area contributed by atoms with Crippen LogP contribution >= 0.6 is 11.8 Å². The van der Waals surface area contributed by atoms with Crippen LogP contribution in [0.1, 0.15) is 21.5 Å². The Balaban J connectivity index is 1.67. The number of thioether (sulfide) groups is 1. The summed E-state index contributed by atoms with van der Waals surface area (Å²) in [5.74, 6) is -0.0340. The Kier molecular flexibility index (Phi) is 5.50. The largest absolute Gasteiger partial charge is 0.337 e. The van der Waals surface area contributed by atoms with Crippen molar-refractivity contribution in [3.8, 4) is 0 Å². The maximum atomic E-state index is 12.7. The molecule has 2 aromatic heterocycles. The monoisotopic (exact) mass is 352 g/mol. The topological polar surface area (TPSA) is 51.0 Å². The van der Waals surface area contributed by atoms with Gasteiger partial charge in [-0.05, 0) is 24.0 Å². The zero-order valence-electron chi connectivity index (χ0n) is 14.3. The second kappa shape index (κ2) is 7.98. The first-order valence-corrected chi connectivity index (χ1v) is 9.19. The van der Waals surface area contributed by atoms with Gasteiger partial charge < -0.3 is 4.90 Å². The second-order valence-electron chi connectivity index (χ2n) is 5.75. The number of hydrogen-bond acceptors (Lipinski definition) is 4. The quantitative estimate of drug-likeness (QED) is 0.639. The number of rotatable bonds is 6. The lowest BCUT2D eigenvalue weighted by Gasteiger charge is -2.17. The summed E-state index contributed by atoms with van der Waals surface area (Å²) in [6.45, 7) is 1.23. The van der Waals surface area contributed by atoms with E-state index in [0.29, 0.717) is 12.1 Å². The van der Waals surface area contributed by atoms with Crippen molar-refractivity contribution in [2.24, 2.45) is 0 Å². The van der Waals surface area contributed by atoms with Gasteiger partial charge in [-0.2, -0.15) is 5.10 Å². The van der Waals surface area contributed by atoms with Gasteiger partial charge in [-0.3, -0.25) is 9.48 Å². The van der Waals surface area contributed by atoms with Gasteiger partial charge in [-0.15, -0.1) is 11.8 Å². The van der Waals surface area contributed by atoms with E-state index in [-0.39, 0.29) is 5.91 Å². The molecule has 0 spiro atoms. The molecule has 0 unspecified atom stereocenters. The van der Waals surface area contributed by atoms with E-state index in [1.165, 1.54) is 17.3 Å². The first kappa shape index (κ1) is 17.2. The van der Waals surface area contributed by atoms with E-state index in [9.17, 15) is 4.79 Å². The Hall–Kier alpha value is -2.60. The Morgan fingerprint density at radius 3 is 2.72 bits per heavy atom. The van der Waals surface area contributed by atoms with E-state index in [2.05, 4.69) is 22.2 Å². The number of nitrogens with zero attached hydrogens (tertiary/aromatic N) is 4. The second-order valence-corrected chi connectivity index (χ2v) is 6.55. The molecule has 0 saturated carbocycles. The Morgan fingerprint density at radius 2 is 1.96 bits per heavy atom. The molecule has 0 saturated heterocycles. The molecule has 128 valence electrons. The standard InChI is InChI=1S/C19H20N4OS/c1-22(19(24)17-9-6-10-20-18(17)25-2)12-16-11-21-23(14-16)13-15-7-4-3-5-8-15/h3-11,14H,12-13H2,1-2H3. The molecule has 0 N–H and O–H groups in total. The van der Waals surface area contributed by atoms with Crippen molar-refractivity contribution in [2.45, 2.75) is 18.1 Å². The van der Waals surface area contributed by atoms with Crippen molar-refractivity contribution in [2.75, 3.05) is 13.3 Å². The maximum Gasteiger partial charge on any atom is 0.256 e. The van der Waals surface area contributed by atoms with Crippen molar-refractivity contribution in [3.63, 3.8) is 0 Å². The first-order chi connectivity index (χ1) is 12.2. The zero-order valence-corrected chi connectivity index (χ0v) is 15.1. The van der Waals surface area contributed by atoms with Gasteiger partial charge in [0.1, 0.15) is 5.03 Å². The number of benzene rings is 1. The Bertz CT molecular complexity index is 847. The molecular weight excluding hydrogens is 332 g/mol. The molecule has 1 aromatic carbocycles. The molecule has 3 aromatic rings. The smallest absolute Gasteiger partial charge is 0.256 e. The highest BCUT2D eigenvalue weighted by molar-refractivity contribution is 7.98. The molecule has 1 amide bonds. The lowest BCUT2D eigenvalue weighted by Crippen LogP contribution is -2.26. The predicted octanol–water partition coefficient (Wildman–Crippen LogP) is 3.32. The average Bonchev–Trinajstić information content (AvgIpc) is 3.08. The number of hydrogen-bond donors (Lipinski definition) is 0. The van der Waals surface area contributed by atoms with Crippen molar-refractivity contribution >= 4 is 17.7 Å². The highest BCUT2D eigenvalue weighted by Gasteiger charge is 2.16. The van der Waals surface area contributed by atoms with Gasteiger partial charge >= 0.3 is 0 Å². The summed E-state index contributed by atoms with van der Waals surface area (Å²) >= 11 is 1.48. The van der Waals surface area contributed by atoms with E-state index < -0.39 is 0 Å². The van der Waals surface area contributed by atoms with Crippen molar-refractivity contribution in [1.29, 1.82) is 0 Å². The number of carbonyl (C=O) groups excluding carboxylic acids is 1. The van der Waals surface area contributed by atoms with Gasteiger partial charge in [0.05, 0.1) is 18.3 Å². The SMILES string of the molecule is CSc1ncccc1C(=O)N(C)Cc1cnn(Cc2ccccc2)c1. The first-order valence-electron chi connectivity index (χ1n) is 7.97. The van der Waals surface area contributed by atoms with Gasteiger partial charge in [0, 0.05) is 31.5 Å². The number of aromatic nitrogens is 3. The van der Waals surface area contributed by atoms with Gasteiger partial charge in [-0.25, -0.2) is 4.98 Å². The van der Waals surface area contributed by atoms with Crippen LogP contribution in [-0.4, -0.2) is 38.9 Å². The molecule has 2 heterocycles. The maximum absolute atomic E-state index is 12.7. The van der Waals surface area contributed by atoms with Crippen molar-refractivity contribution < 1.29 is 4.79 Å². The van der Waals surface area contributed by atoms with Crippen LogP contribution in [0.25, 0.3) is 0 Å². The third kappa shape index (κ3) is 4.28. The Morgan fingerprint density at radius 1 is 1.16 bits per heavy atom. The van der Waals surface area contributed by atoms with Crippen LogP contribution in [-0.2, 0) is 13.1 Å². The molecule has 25 heavy (non-hydrogen) atoms. The third-order valence-electron chi connectivity index (χ3n) is 3.84. The lowest BCUT2D eigenvalue weighted by molar-refractivity contribution is 0.0781. The predicted molar refractivity (Wildman–Crippen MR) is 99.6 cm³/mol. The highest BCUT2D eigenvalue weighted by atomic mass is 32.2. The molecule has 0 aliphatic heterocycles. The summed E-state index contributed by atoms with van der Waals surface area (Å²) in [4.78, 5) is 18.6. The van der Waals surface area contributed by atoms with Crippen molar-refractivity contribution in [1.82, 2.24) is 19.7 Å². The van der Waals surface area contributed by atoms with Gasteiger partial charge in [0.15, 0.2) is 0 Å². The summed E-state index contributed by atoms with van der Waals surface area (Å²) in [5, 5.41) is 5.14. The fourth-order valence-corrected chi connectivity index (χ4v) is 3.15. The van der Waals surface area contributed by atoms with E-state index >= 15 is 0 Å². The van der Waals surface area contributed by atoms with E-state index in [1.54, 1.807) is 24.2 Å². The zero-order chi connectivity index (χ0) is 17.6. The third-order valence-corrected chi connectivity index (χ3v) is 4.55. The molecule has 0 aliphatic carbocycles. The van der Waals surface area contributed by atoms with E-state index in [1.807, 2.05) is 47.6 Å². The molecule has 0 bridgehead atoms. The molecule has 0 fully saturated rings. The van der Waals surface area contributed by atoms with Gasteiger partial charge in [-0.1, -0.05) is 30.3 Å². The molecule has 5 nitrogen and oxygen atoms in total.